The van der Waals surface area contributed by atoms with E-state index in [0.717, 1.165) is 16.5 Å². The molecule has 0 atom stereocenters. The van der Waals surface area contributed by atoms with Crippen LogP contribution in [0.15, 0.2) is 71.2 Å². The van der Waals surface area contributed by atoms with Crippen molar-refractivity contribution in [2.24, 2.45) is 0 Å². The van der Waals surface area contributed by atoms with Gasteiger partial charge in [-0.05, 0) is 78.7 Å². The summed E-state index contributed by atoms with van der Waals surface area (Å²) in [6.45, 7) is 1.56. The van der Waals surface area contributed by atoms with Crippen LogP contribution in [0.3, 0.4) is 0 Å². The molecule has 0 heterocycles. The third-order valence-electron chi connectivity index (χ3n) is 4.83. The Morgan fingerprint density at radius 3 is 2.17 bits per heavy atom. The summed E-state index contributed by atoms with van der Waals surface area (Å²) in [6, 6.07) is 19.3. The van der Waals surface area contributed by atoms with Crippen molar-refractivity contribution in [2.75, 3.05) is 17.2 Å². The lowest BCUT2D eigenvalue weighted by Gasteiger charge is -2.11. The number of esters is 1. The molecule has 3 aromatic carbocycles. The molecule has 35 heavy (non-hydrogen) atoms. The largest absolute Gasteiger partial charge is 0.457 e. The van der Waals surface area contributed by atoms with Crippen molar-refractivity contribution in [1.29, 1.82) is 0 Å². The zero-order chi connectivity index (χ0) is 25.2. The molecule has 0 saturated carbocycles. The maximum atomic E-state index is 12.2. The fourth-order valence-corrected chi connectivity index (χ4v) is 3.60. The van der Waals surface area contributed by atoms with E-state index in [1.165, 1.54) is 0 Å². The van der Waals surface area contributed by atoms with Gasteiger partial charge in [-0.3, -0.25) is 14.4 Å². The first-order valence-electron chi connectivity index (χ1n) is 10.9. The summed E-state index contributed by atoms with van der Waals surface area (Å²) in [5.74, 6) is -0.183. The molecule has 0 aliphatic carbocycles. The van der Waals surface area contributed by atoms with Crippen LogP contribution in [0.1, 0.15) is 25.3 Å². The van der Waals surface area contributed by atoms with Crippen LogP contribution in [-0.2, 0) is 25.5 Å². The van der Waals surface area contributed by atoms with Crippen LogP contribution >= 0.6 is 27.5 Å². The smallest absolute Gasteiger partial charge is 0.306 e. The molecule has 0 aliphatic rings. The summed E-state index contributed by atoms with van der Waals surface area (Å²) in [5.41, 5.74) is 2.19. The normalized spacial score (nSPS) is 10.4. The van der Waals surface area contributed by atoms with Crippen molar-refractivity contribution in [3.8, 4) is 11.5 Å². The summed E-state index contributed by atoms with van der Waals surface area (Å²) in [5, 5.41) is 6.06. The number of aryl methyl sites for hydroxylation is 1. The predicted molar refractivity (Wildman–Crippen MR) is 139 cm³/mol. The van der Waals surface area contributed by atoms with E-state index in [2.05, 4.69) is 26.6 Å². The number of ether oxygens (including phenoxy) is 2. The number of carbonyl (C=O) groups excluding carboxylic acids is 3. The second-order valence-electron chi connectivity index (χ2n) is 7.49. The van der Waals surface area contributed by atoms with Crippen molar-refractivity contribution in [3.05, 3.63) is 81.8 Å². The van der Waals surface area contributed by atoms with Crippen molar-refractivity contribution in [1.82, 2.24) is 0 Å². The Morgan fingerprint density at radius 1 is 0.857 bits per heavy atom. The SMILES string of the molecule is CCc1cc(Br)ccc1NC(=O)COC(=O)CCC(=O)Nc1ccc(Oc2ccc(Cl)cc2)cc1. The Kier molecular flexibility index (Phi) is 9.69. The molecule has 0 spiro atoms. The third-order valence-corrected chi connectivity index (χ3v) is 5.58. The first-order valence-corrected chi connectivity index (χ1v) is 12.1. The van der Waals surface area contributed by atoms with Gasteiger partial charge in [-0.2, -0.15) is 0 Å². The maximum absolute atomic E-state index is 12.2. The second-order valence-corrected chi connectivity index (χ2v) is 8.84. The Labute approximate surface area is 216 Å². The van der Waals surface area contributed by atoms with Gasteiger partial charge in [0.2, 0.25) is 5.91 Å². The summed E-state index contributed by atoms with van der Waals surface area (Å²) in [7, 11) is 0. The van der Waals surface area contributed by atoms with Gasteiger partial charge in [0.25, 0.3) is 5.91 Å². The van der Waals surface area contributed by atoms with E-state index in [4.69, 9.17) is 21.1 Å². The average Bonchev–Trinajstić information content (AvgIpc) is 2.85. The highest BCUT2D eigenvalue weighted by Crippen LogP contribution is 2.24. The highest BCUT2D eigenvalue weighted by Gasteiger charge is 2.12. The molecule has 0 bridgehead atoms. The number of amides is 2. The molecule has 9 heteroatoms. The zero-order valence-electron chi connectivity index (χ0n) is 19.0. The number of rotatable bonds is 10. The summed E-state index contributed by atoms with van der Waals surface area (Å²) >= 11 is 9.26. The fraction of sp³-hybridized carbons (Fsp3) is 0.192. The minimum atomic E-state index is -0.631. The van der Waals surface area contributed by atoms with Gasteiger partial charge in [-0.1, -0.05) is 34.5 Å². The zero-order valence-corrected chi connectivity index (χ0v) is 21.3. The molecular formula is C26H24BrClN2O5. The van der Waals surface area contributed by atoms with E-state index in [1.807, 2.05) is 19.1 Å². The number of anilines is 2. The number of carbonyl (C=O) groups is 3. The lowest BCUT2D eigenvalue weighted by Crippen LogP contribution is -2.22. The van der Waals surface area contributed by atoms with Gasteiger partial charge in [-0.25, -0.2) is 0 Å². The molecule has 3 rings (SSSR count). The minimum Gasteiger partial charge on any atom is -0.457 e. The highest BCUT2D eigenvalue weighted by atomic mass is 79.9. The lowest BCUT2D eigenvalue weighted by molar-refractivity contribution is -0.147. The molecular weight excluding hydrogens is 536 g/mol. The van der Waals surface area contributed by atoms with Crippen LogP contribution in [0.4, 0.5) is 11.4 Å². The van der Waals surface area contributed by atoms with Gasteiger partial charge < -0.3 is 20.1 Å². The van der Waals surface area contributed by atoms with Gasteiger partial charge in [-0.15, -0.1) is 0 Å². The van der Waals surface area contributed by atoms with Crippen molar-refractivity contribution >= 4 is 56.7 Å². The number of benzene rings is 3. The number of nitrogens with one attached hydrogen (secondary N) is 2. The molecule has 182 valence electrons. The molecule has 7 nitrogen and oxygen atoms in total. The Hall–Kier alpha value is -3.36. The van der Waals surface area contributed by atoms with Crippen molar-refractivity contribution in [3.63, 3.8) is 0 Å². The number of hydrogen-bond acceptors (Lipinski definition) is 5. The van der Waals surface area contributed by atoms with E-state index in [9.17, 15) is 14.4 Å². The molecule has 0 radical (unpaired) electrons. The first kappa shape index (κ1) is 26.2. The molecule has 0 unspecified atom stereocenters. The average molecular weight is 560 g/mol. The van der Waals surface area contributed by atoms with Gasteiger partial charge >= 0.3 is 5.97 Å². The topological polar surface area (TPSA) is 93.7 Å². The number of halogens is 2. The van der Waals surface area contributed by atoms with Crippen LogP contribution in [-0.4, -0.2) is 24.4 Å². The predicted octanol–water partition coefficient (Wildman–Crippen LogP) is 6.36. The molecule has 2 N–H and O–H groups in total. The molecule has 2 amide bonds. The molecule has 0 saturated heterocycles. The van der Waals surface area contributed by atoms with Crippen LogP contribution in [0, 0.1) is 0 Å². The van der Waals surface area contributed by atoms with E-state index in [-0.39, 0.29) is 18.7 Å². The van der Waals surface area contributed by atoms with Gasteiger partial charge in [0, 0.05) is 27.3 Å². The van der Waals surface area contributed by atoms with Crippen LogP contribution in [0.2, 0.25) is 5.02 Å². The molecule has 0 aromatic heterocycles. The molecule has 0 aliphatic heterocycles. The monoisotopic (exact) mass is 558 g/mol. The fourth-order valence-electron chi connectivity index (χ4n) is 3.07. The third kappa shape index (κ3) is 8.73. The van der Waals surface area contributed by atoms with Crippen molar-refractivity contribution in [2.45, 2.75) is 26.2 Å². The standard InChI is InChI=1S/C26H24BrClN2O5/c1-2-17-15-18(27)3-12-23(17)30-25(32)16-34-26(33)14-13-24(31)29-20-6-10-22(11-7-20)35-21-8-4-19(28)5-9-21/h3-12,15H,2,13-14,16H2,1H3,(H,29,31)(H,30,32). The van der Waals surface area contributed by atoms with Crippen molar-refractivity contribution < 1.29 is 23.9 Å². The van der Waals surface area contributed by atoms with E-state index < -0.39 is 18.5 Å². The summed E-state index contributed by atoms with van der Waals surface area (Å²) in [6.07, 6.45) is 0.521. The van der Waals surface area contributed by atoms with E-state index in [0.29, 0.717) is 27.9 Å². The quantitative estimate of drug-likeness (QED) is 0.282. The maximum Gasteiger partial charge on any atom is 0.306 e. The van der Waals surface area contributed by atoms with E-state index in [1.54, 1.807) is 54.6 Å². The Balaban J connectivity index is 1.38. The van der Waals surface area contributed by atoms with Gasteiger partial charge in [0.15, 0.2) is 6.61 Å². The Morgan fingerprint density at radius 2 is 1.51 bits per heavy atom. The summed E-state index contributed by atoms with van der Waals surface area (Å²) < 4.78 is 11.6. The lowest BCUT2D eigenvalue weighted by atomic mass is 10.1. The first-order chi connectivity index (χ1) is 16.8. The van der Waals surface area contributed by atoms with Gasteiger partial charge in [0.05, 0.1) is 6.42 Å². The second kappa shape index (κ2) is 12.9. The van der Waals surface area contributed by atoms with E-state index >= 15 is 0 Å². The number of hydrogen-bond donors (Lipinski definition) is 2. The summed E-state index contributed by atoms with van der Waals surface area (Å²) in [4.78, 5) is 36.2. The Bertz CT molecular complexity index is 1180. The van der Waals surface area contributed by atoms with Crippen LogP contribution in [0.5, 0.6) is 11.5 Å². The highest BCUT2D eigenvalue weighted by molar-refractivity contribution is 9.10. The van der Waals surface area contributed by atoms with Crippen LogP contribution < -0.4 is 15.4 Å². The molecule has 3 aromatic rings. The van der Waals surface area contributed by atoms with Crippen LogP contribution in [0.25, 0.3) is 0 Å². The minimum absolute atomic E-state index is 0.0732. The van der Waals surface area contributed by atoms with Gasteiger partial charge in [0.1, 0.15) is 11.5 Å². The molecule has 0 fully saturated rings.